The van der Waals surface area contributed by atoms with Crippen molar-refractivity contribution in [3.63, 3.8) is 0 Å². The molecule has 1 heterocycles. The van der Waals surface area contributed by atoms with Crippen LogP contribution in [-0.4, -0.2) is 66.5 Å². The summed E-state index contributed by atoms with van der Waals surface area (Å²) >= 11 is 0. The smallest absolute Gasteiger partial charge is 0.246 e. The lowest BCUT2D eigenvalue weighted by Crippen LogP contribution is -2.35. The van der Waals surface area contributed by atoms with E-state index in [9.17, 15) is 18.0 Å². The van der Waals surface area contributed by atoms with Crippen LogP contribution < -0.4 is 15.4 Å². The van der Waals surface area contributed by atoms with Gasteiger partial charge in [0.25, 0.3) is 0 Å². The number of hydrogen-bond acceptors (Lipinski definition) is 7. The van der Waals surface area contributed by atoms with Crippen molar-refractivity contribution >= 4 is 27.5 Å². The predicted octanol–water partition coefficient (Wildman–Crippen LogP) is -0.318. The number of amides is 2. The van der Waals surface area contributed by atoms with Gasteiger partial charge in [0.2, 0.25) is 21.8 Å². The van der Waals surface area contributed by atoms with Crippen molar-refractivity contribution in [2.24, 2.45) is 0 Å². The van der Waals surface area contributed by atoms with Gasteiger partial charge >= 0.3 is 0 Å². The summed E-state index contributed by atoms with van der Waals surface area (Å²) in [5.41, 5.74) is 0.263. The first kappa shape index (κ1) is 21.3. The fraction of sp³-hybridized carbons (Fsp3) is 0.375. The number of sulfonamides is 1. The molecule has 0 unspecified atom stereocenters. The third-order valence-corrected chi connectivity index (χ3v) is 5.34. The third kappa shape index (κ3) is 5.50. The Morgan fingerprint density at radius 1 is 1.25 bits per heavy atom. The van der Waals surface area contributed by atoms with Crippen LogP contribution in [0.1, 0.15) is 6.92 Å². The molecule has 11 nitrogen and oxygen atoms in total. The minimum absolute atomic E-state index is 0.0626. The molecule has 0 atom stereocenters. The summed E-state index contributed by atoms with van der Waals surface area (Å²) in [6.07, 6.45) is 2.68. The molecule has 1 aromatic carbocycles. The summed E-state index contributed by atoms with van der Waals surface area (Å²) in [5, 5.41) is 8.79. The zero-order chi connectivity index (χ0) is 20.7. The molecule has 0 aliphatic rings. The summed E-state index contributed by atoms with van der Waals surface area (Å²) < 4.78 is 32.7. The largest absolute Gasteiger partial charge is 0.492 e. The van der Waals surface area contributed by atoms with Gasteiger partial charge in [0.05, 0.1) is 13.2 Å². The number of nitrogens with zero attached hydrogens (tertiary/aromatic N) is 4. The number of benzene rings is 1. The first-order valence-corrected chi connectivity index (χ1v) is 9.76. The summed E-state index contributed by atoms with van der Waals surface area (Å²) in [5.74, 6) is -0.733. The Morgan fingerprint density at radius 3 is 2.61 bits per heavy atom. The van der Waals surface area contributed by atoms with Crippen LogP contribution in [-0.2, 0) is 26.2 Å². The summed E-state index contributed by atoms with van der Waals surface area (Å²) in [6, 6.07) is 4.31. The van der Waals surface area contributed by atoms with Crippen LogP contribution in [0, 0.1) is 0 Å². The molecule has 2 rings (SSSR count). The van der Waals surface area contributed by atoms with E-state index in [4.69, 9.17) is 4.74 Å². The summed E-state index contributed by atoms with van der Waals surface area (Å²) in [4.78, 5) is 27.5. The normalized spacial score (nSPS) is 11.3. The lowest BCUT2D eigenvalue weighted by Gasteiger charge is -2.16. The van der Waals surface area contributed by atoms with E-state index >= 15 is 0 Å². The molecule has 2 N–H and O–H groups in total. The van der Waals surface area contributed by atoms with Gasteiger partial charge in [-0.15, -0.1) is 0 Å². The van der Waals surface area contributed by atoms with Crippen LogP contribution in [0.4, 0.5) is 5.69 Å². The van der Waals surface area contributed by atoms with Crippen LogP contribution >= 0.6 is 0 Å². The number of nitrogens with one attached hydrogen (secondary N) is 2. The number of anilines is 1. The van der Waals surface area contributed by atoms with E-state index in [1.165, 1.54) is 49.6 Å². The van der Waals surface area contributed by atoms with Gasteiger partial charge in [-0.2, -0.15) is 5.10 Å². The van der Waals surface area contributed by atoms with Crippen LogP contribution in [0.15, 0.2) is 35.7 Å². The standard InChI is InChI=1S/C16H22N6O5S/c1-4-27-13-6-5-12(7-14(13)28(25,26)21(2)3)20-15(23)8-18-16(24)9-22-11-17-10-19-22/h5-7,10-11H,4,8-9H2,1-3H3,(H,18,24)(H,20,23). The summed E-state index contributed by atoms with van der Waals surface area (Å²) in [7, 11) is -0.964. The second-order valence-electron chi connectivity index (χ2n) is 5.80. The maximum absolute atomic E-state index is 12.5. The number of ether oxygens (including phenoxy) is 1. The van der Waals surface area contributed by atoms with Crippen LogP contribution in [0.3, 0.4) is 0 Å². The van der Waals surface area contributed by atoms with Crippen molar-refractivity contribution in [3.05, 3.63) is 30.9 Å². The Bertz CT molecular complexity index is 927. The maximum atomic E-state index is 12.5. The van der Waals surface area contributed by atoms with Crippen molar-refractivity contribution in [3.8, 4) is 5.75 Å². The Morgan fingerprint density at radius 2 is 2.00 bits per heavy atom. The molecule has 0 radical (unpaired) electrons. The van der Waals surface area contributed by atoms with Gasteiger partial charge < -0.3 is 15.4 Å². The highest BCUT2D eigenvalue weighted by Gasteiger charge is 2.23. The molecule has 1 aromatic heterocycles. The van der Waals surface area contributed by atoms with Crippen molar-refractivity contribution in [1.29, 1.82) is 0 Å². The van der Waals surface area contributed by atoms with Crippen molar-refractivity contribution in [2.75, 3.05) is 32.6 Å². The maximum Gasteiger partial charge on any atom is 0.246 e. The first-order valence-electron chi connectivity index (χ1n) is 8.32. The molecule has 28 heavy (non-hydrogen) atoms. The Labute approximate surface area is 162 Å². The van der Waals surface area contributed by atoms with E-state index in [0.29, 0.717) is 6.61 Å². The molecule has 0 aliphatic heterocycles. The molecule has 152 valence electrons. The van der Waals surface area contributed by atoms with Crippen LogP contribution in [0.5, 0.6) is 5.75 Å². The van der Waals surface area contributed by atoms with Gasteiger partial charge in [-0.3, -0.25) is 9.59 Å². The van der Waals surface area contributed by atoms with Crippen molar-refractivity contribution in [1.82, 2.24) is 24.4 Å². The molecular formula is C16H22N6O5S. The zero-order valence-electron chi connectivity index (χ0n) is 15.7. The number of hydrogen-bond donors (Lipinski definition) is 2. The van der Waals surface area contributed by atoms with Gasteiger partial charge in [0, 0.05) is 19.8 Å². The number of carbonyl (C=O) groups is 2. The minimum atomic E-state index is -3.77. The minimum Gasteiger partial charge on any atom is -0.492 e. The second kappa shape index (κ2) is 9.28. The van der Waals surface area contributed by atoms with Gasteiger partial charge in [-0.25, -0.2) is 22.4 Å². The Balaban J connectivity index is 2.04. The van der Waals surface area contributed by atoms with Crippen molar-refractivity contribution < 1.29 is 22.7 Å². The van der Waals surface area contributed by atoms with Gasteiger partial charge in [-0.1, -0.05) is 0 Å². The number of rotatable bonds is 9. The molecule has 0 saturated heterocycles. The fourth-order valence-corrected chi connectivity index (χ4v) is 3.21. The summed E-state index contributed by atoms with van der Waals surface area (Å²) in [6.45, 7) is 1.68. The lowest BCUT2D eigenvalue weighted by molar-refractivity contribution is -0.124. The predicted molar refractivity (Wildman–Crippen MR) is 100 cm³/mol. The molecule has 2 aromatic rings. The quantitative estimate of drug-likeness (QED) is 0.578. The third-order valence-electron chi connectivity index (χ3n) is 3.50. The highest BCUT2D eigenvalue weighted by Crippen LogP contribution is 2.29. The second-order valence-corrected chi connectivity index (χ2v) is 7.92. The van der Waals surface area contributed by atoms with E-state index < -0.39 is 21.8 Å². The molecule has 2 amide bonds. The molecule has 0 aliphatic carbocycles. The molecule has 0 bridgehead atoms. The molecular weight excluding hydrogens is 388 g/mol. The molecule has 0 fully saturated rings. The Kier molecular flexibility index (Phi) is 7.06. The number of carbonyl (C=O) groups excluding carboxylic acids is 2. The van der Waals surface area contributed by atoms with E-state index in [1.54, 1.807) is 6.92 Å². The van der Waals surface area contributed by atoms with Crippen LogP contribution in [0.2, 0.25) is 0 Å². The molecule has 12 heteroatoms. The Hall–Kier alpha value is -2.99. The van der Waals surface area contributed by atoms with Gasteiger partial charge in [0.15, 0.2) is 0 Å². The monoisotopic (exact) mass is 410 g/mol. The first-order chi connectivity index (χ1) is 13.2. The van der Waals surface area contributed by atoms with Gasteiger partial charge in [-0.05, 0) is 25.1 Å². The van der Waals surface area contributed by atoms with Gasteiger partial charge in [0.1, 0.15) is 29.8 Å². The highest BCUT2D eigenvalue weighted by molar-refractivity contribution is 7.89. The SMILES string of the molecule is CCOc1ccc(NC(=O)CNC(=O)Cn2cncn2)cc1S(=O)(=O)N(C)C. The molecule has 0 spiro atoms. The topological polar surface area (TPSA) is 136 Å². The van der Waals surface area contributed by atoms with Crippen molar-refractivity contribution in [2.45, 2.75) is 18.4 Å². The van der Waals surface area contributed by atoms with E-state index in [0.717, 1.165) is 4.31 Å². The highest BCUT2D eigenvalue weighted by atomic mass is 32.2. The van der Waals surface area contributed by atoms with E-state index in [2.05, 4.69) is 20.7 Å². The average molecular weight is 410 g/mol. The average Bonchev–Trinajstić information content (AvgIpc) is 3.14. The lowest BCUT2D eigenvalue weighted by atomic mass is 10.3. The number of aromatic nitrogens is 3. The molecule has 0 saturated carbocycles. The van der Waals surface area contributed by atoms with E-state index in [1.807, 2.05) is 0 Å². The van der Waals surface area contributed by atoms with E-state index in [-0.39, 0.29) is 29.4 Å². The van der Waals surface area contributed by atoms with Crippen LogP contribution in [0.25, 0.3) is 0 Å². The fourth-order valence-electron chi connectivity index (χ4n) is 2.16. The zero-order valence-corrected chi connectivity index (χ0v) is 16.6.